The SMILES string of the molecule is COC[C@H]1O[C@@H](c2cccc3ccccc23)C[C@@H]1C(NS(=O)(=O)c1ccc(C)cc1)C(=O)O. The molecule has 8 heteroatoms. The topological polar surface area (TPSA) is 102 Å². The lowest BCUT2D eigenvalue weighted by atomic mass is 9.89. The van der Waals surface area contributed by atoms with Crippen LogP contribution in [0.3, 0.4) is 0 Å². The molecule has 1 saturated heterocycles. The molecule has 7 nitrogen and oxygen atoms in total. The number of aliphatic carboxylic acids is 1. The Morgan fingerprint density at radius 3 is 2.52 bits per heavy atom. The molecule has 0 aromatic heterocycles. The van der Waals surface area contributed by atoms with E-state index in [9.17, 15) is 18.3 Å². The van der Waals surface area contributed by atoms with Gasteiger partial charge < -0.3 is 14.6 Å². The van der Waals surface area contributed by atoms with Gasteiger partial charge in [0, 0.05) is 13.0 Å². The lowest BCUT2D eigenvalue weighted by Gasteiger charge is -2.24. The maximum absolute atomic E-state index is 13.0. The van der Waals surface area contributed by atoms with E-state index in [1.807, 2.05) is 49.4 Å². The summed E-state index contributed by atoms with van der Waals surface area (Å²) in [5, 5.41) is 12.1. The van der Waals surface area contributed by atoms with Gasteiger partial charge in [-0.15, -0.1) is 0 Å². The number of carboxylic acid groups (broad SMARTS) is 1. The van der Waals surface area contributed by atoms with Crippen LogP contribution >= 0.6 is 0 Å². The Morgan fingerprint density at radius 1 is 1.12 bits per heavy atom. The summed E-state index contributed by atoms with van der Waals surface area (Å²) in [7, 11) is -2.53. The zero-order valence-corrected chi connectivity index (χ0v) is 19.3. The lowest BCUT2D eigenvalue weighted by Crippen LogP contribution is -2.49. The predicted molar refractivity (Wildman–Crippen MR) is 124 cm³/mol. The Morgan fingerprint density at radius 2 is 1.82 bits per heavy atom. The van der Waals surface area contributed by atoms with Gasteiger partial charge in [0.1, 0.15) is 6.04 Å². The fourth-order valence-corrected chi connectivity index (χ4v) is 5.69. The van der Waals surface area contributed by atoms with Crippen molar-refractivity contribution in [2.24, 2.45) is 5.92 Å². The van der Waals surface area contributed by atoms with E-state index in [0.29, 0.717) is 6.42 Å². The molecule has 1 aliphatic heterocycles. The molecule has 174 valence electrons. The number of fused-ring (bicyclic) bond motifs is 1. The van der Waals surface area contributed by atoms with E-state index in [1.54, 1.807) is 12.1 Å². The van der Waals surface area contributed by atoms with Crippen molar-refractivity contribution in [3.8, 4) is 0 Å². The minimum atomic E-state index is -4.04. The van der Waals surface area contributed by atoms with Crippen LogP contribution in [-0.2, 0) is 24.3 Å². The molecule has 33 heavy (non-hydrogen) atoms. The van der Waals surface area contributed by atoms with Crippen LogP contribution in [0.2, 0.25) is 0 Å². The van der Waals surface area contributed by atoms with Gasteiger partial charge in [0.15, 0.2) is 0 Å². The second-order valence-corrected chi connectivity index (χ2v) is 10.1. The van der Waals surface area contributed by atoms with E-state index in [2.05, 4.69) is 4.72 Å². The number of ether oxygens (including phenoxy) is 2. The molecular weight excluding hydrogens is 442 g/mol. The van der Waals surface area contributed by atoms with Crippen molar-refractivity contribution >= 4 is 26.8 Å². The quantitative estimate of drug-likeness (QED) is 0.522. The summed E-state index contributed by atoms with van der Waals surface area (Å²) in [5.74, 6) is -1.87. The molecule has 4 rings (SSSR count). The van der Waals surface area contributed by atoms with Gasteiger partial charge in [-0.2, -0.15) is 4.72 Å². The number of hydrogen-bond acceptors (Lipinski definition) is 5. The third-order valence-electron chi connectivity index (χ3n) is 6.11. The fraction of sp³-hybridized carbons (Fsp3) is 0.320. The highest BCUT2D eigenvalue weighted by Gasteiger charge is 2.45. The molecule has 0 radical (unpaired) electrons. The summed E-state index contributed by atoms with van der Waals surface area (Å²) in [4.78, 5) is 12.3. The number of nitrogens with one attached hydrogen (secondary N) is 1. The molecular formula is C25H27NO6S. The van der Waals surface area contributed by atoms with Crippen molar-refractivity contribution in [3.63, 3.8) is 0 Å². The van der Waals surface area contributed by atoms with Gasteiger partial charge in [-0.05, 0) is 41.8 Å². The smallest absolute Gasteiger partial charge is 0.322 e. The molecule has 0 saturated carbocycles. The Hall–Kier alpha value is -2.78. The summed E-state index contributed by atoms with van der Waals surface area (Å²) >= 11 is 0. The van der Waals surface area contributed by atoms with Crippen molar-refractivity contribution in [2.45, 2.75) is 36.5 Å². The molecule has 1 heterocycles. The van der Waals surface area contributed by atoms with Crippen LogP contribution in [0.1, 0.15) is 23.7 Å². The van der Waals surface area contributed by atoms with E-state index in [-0.39, 0.29) is 17.6 Å². The Kier molecular flexibility index (Phi) is 6.81. The molecule has 3 aromatic rings. The molecule has 1 unspecified atom stereocenters. The standard InChI is InChI=1S/C25H27NO6S/c1-16-10-12-18(13-11-16)33(29,30)26-24(25(27)28)21-14-22(32-23(21)15-31-2)20-9-5-7-17-6-3-4-8-19(17)20/h3-13,21-24,26H,14-15H2,1-2H3,(H,27,28)/t21-,22+,23+,24?/m0/s1. The predicted octanol–water partition coefficient (Wildman–Crippen LogP) is 3.67. The number of sulfonamides is 1. The van der Waals surface area contributed by atoms with Crippen molar-refractivity contribution in [3.05, 3.63) is 77.9 Å². The summed E-state index contributed by atoms with van der Waals surface area (Å²) in [6, 6.07) is 18.7. The monoisotopic (exact) mass is 469 g/mol. The van der Waals surface area contributed by atoms with Gasteiger partial charge in [0.25, 0.3) is 0 Å². The van der Waals surface area contributed by atoms with Gasteiger partial charge in [0.05, 0.1) is 23.7 Å². The lowest BCUT2D eigenvalue weighted by molar-refractivity contribution is -0.141. The summed E-state index contributed by atoms with van der Waals surface area (Å²) < 4.78 is 39.9. The van der Waals surface area contributed by atoms with Crippen LogP contribution in [0.5, 0.6) is 0 Å². The van der Waals surface area contributed by atoms with E-state index in [1.165, 1.54) is 19.2 Å². The van der Waals surface area contributed by atoms with Crippen LogP contribution in [0.25, 0.3) is 10.8 Å². The van der Waals surface area contributed by atoms with Gasteiger partial charge in [0.2, 0.25) is 10.0 Å². The first kappa shape index (κ1) is 23.4. The van der Waals surface area contributed by atoms with E-state index >= 15 is 0 Å². The number of benzene rings is 3. The maximum Gasteiger partial charge on any atom is 0.322 e. The van der Waals surface area contributed by atoms with Gasteiger partial charge >= 0.3 is 5.97 Å². The molecule has 2 N–H and O–H groups in total. The van der Waals surface area contributed by atoms with Crippen molar-refractivity contribution in [1.82, 2.24) is 4.72 Å². The molecule has 0 bridgehead atoms. The second-order valence-electron chi connectivity index (χ2n) is 8.34. The molecule has 0 aliphatic carbocycles. The van der Waals surface area contributed by atoms with E-state index in [4.69, 9.17) is 9.47 Å². The minimum Gasteiger partial charge on any atom is -0.480 e. The summed E-state index contributed by atoms with van der Waals surface area (Å²) in [5.41, 5.74) is 1.85. The average molecular weight is 470 g/mol. The highest BCUT2D eigenvalue weighted by atomic mass is 32.2. The van der Waals surface area contributed by atoms with Crippen LogP contribution in [0, 0.1) is 12.8 Å². The number of carboxylic acids is 1. The van der Waals surface area contributed by atoms with Gasteiger partial charge in [-0.1, -0.05) is 60.2 Å². The summed E-state index contributed by atoms with van der Waals surface area (Å²) in [6.07, 6.45) is -0.622. The number of carbonyl (C=O) groups is 1. The van der Waals surface area contributed by atoms with Crippen molar-refractivity contribution in [1.29, 1.82) is 0 Å². The maximum atomic E-state index is 13.0. The Balaban J connectivity index is 1.65. The number of aryl methyl sites for hydroxylation is 1. The Bertz CT molecular complexity index is 1240. The van der Waals surface area contributed by atoms with E-state index in [0.717, 1.165) is 21.9 Å². The second kappa shape index (κ2) is 9.61. The first-order chi connectivity index (χ1) is 15.8. The first-order valence-corrected chi connectivity index (χ1v) is 12.2. The molecule has 3 aromatic carbocycles. The number of rotatable bonds is 8. The van der Waals surface area contributed by atoms with Crippen LogP contribution in [-0.4, -0.2) is 45.4 Å². The molecule has 1 aliphatic rings. The molecule has 1 fully saturated rings. The van der Waals surface area contributed by atoms with Gasteiger partial charge in [-0.25, -0.2) is 8.42 Å². The highest BCUT2D eigenvalue weighted by Crippen LogP contribution is 2.41. The third-order valence-corrected chi connectivity index (χ3v) is 7.57. The molecule has 0 amide bonds. The minimum absolute atomic E-state index is 0.0205. The highest BCUT2D eigenvalue weighted by molar-refractivity contribution is 7.89. The van der Waals surface area contributed by atoms with Crippen molar-refractivity contribution in [2.75, 3.05) is 13.7 Å². The Labute approximate surface area is 193 Å². The largest absolute Gasteiger partial charge is 0.480 e. The van der Waals surface area contributed by atoms with E-state index < -0.39 is 34.1 Å². The first-order valence-electron chi connectivity index (χ1n) is 10.7. The van der Waals surface area contributed by atoms with Crippen LogP contribution in [0.15, 0.2) is 71.6 Å². The normalized spacial score (nSPS) is 21.8. The zero-order valence-electron chi connectivity index (χ0n) is 18.5. The zero-order chi connectivity index (χ0) is 23.6. The molecule has 4 atom stereocenters. The summed E-state index contributed by atoms with van der Waals surface area (Å²) in [6.45, 7) is 2.00. The van der Waals surface area contributed by atoms with Crippen LogP contribution < -0.4 is 4.72 Å². The fourth-order valence-electron chi connectivity index (χ4n) is 4.45. The average Bonchev–Trinajstić information content (AvgIpc) is 3.21. The third kappa shape index (κ3) is 4.94. The van der Waals surface area contributed by atoms with Gasteiger partial charge in [-0.3, -0.25) is 4.79 Å². The molecule has 0 spiro atoms. The van der Waals surface area contributed by atoms with Crippen molar-refractivity contribution < 1.29 is 27.8 Å². The number of hydrogen-bond donors (Lipinski definition) is 2. The van der Waals surface area contributed by atoms with Crippen LogP contribution in [0.4, 0.5) is 0 Å². The number of methoxy groups -OCH3 is 1.